The molecule has 1 aromatic rings. The van der Waals surface area contributed by atoms with Crippen LogP contribution in [0.4, 0.5) is 0 Å². The van der Waals surface area contributed by atoms with Crippen LogP contribution in [0.1, 0.15) is 13.3 Å². The lowest BCUT2D eigenvalue weighted by atomic mass is 10.5. The average Bonchev–Trinajstić information content (AvgIpc) is 2.16. The molecule has 0 spiro atoms. The van der Waals surface area contributed by atoms with Crippen LogP contribution in [-0.4, -0.2) is 30.0 Å². The normalized spacial score (nSPS) is 13.4. The van der Waals surface area contributed by atoms with Gasteiger partial charge in [0.1, 0.15) is 5.75 Å². The second-order valence-electron chi connectivity index (χ2n) is 3.15. The van der Waals surface area contributed by atoms with Gasteiger partial charge in [-0.05, 0) is 6.42 Å². The minimum absolute atomic E-state index is 0.0514. The molecule has 7 heteroatoms. The molecule has 0 aliphatic rings. The number of pyridine rings is 1. The van der Waals surface area contributed by atoms with Gasteiger partial charge in [-0.3, -0.25) is 0 Å². The van der Waals surface area contributed by atoms with Gasteiger partial charge < -0.3 is 8.74 Å². The van der Waals surface area contributed by atoms with Crippen LogP contribution in [0.5, 0.6) is 5.88 Å². The Labute approximate surface area is 98.2 Å². The van der Waals surface area contributed by atoms with E-state index in [0.717, 1.165) is 12.7 Å². The maximum absolute atomic E-state index is 11.6. The summed E-state index contributed by atoms with van der Waals surface area (Å²) in [6.07, 6.45) is 1.70. The van der Waals surface area contributed by atoms with Crippen molar-refractivity contribution in [2.24, 2.45) is 0 Å². The van der Waals surface area contributed by atoms with Gasteiger partial charge in [0.05, 0.1) is 6.26 Å². The largest absolute Gasteiger partial charge is 0.610 e. The minimum atomic E-state index is -3.59. The van der Waals surface area contributed by atoms with Crippen molar-refractivity contribution in [3.05, 3.63) is 18.2 Å². The Bertz CT molecular complexity index is 447. The molecule has 0 aliphatic heterocycles. The van der Waals surface area contributed by atoms with E-state index in [1.54, 1.807) is 12.1 Å². The molecule has 0 aromatic carbocycles. The van der Waals surface area contributed by atoms with E-state index in [2.05, 4.69) is 9.17 Å². The summed E-state index contributed by atoms with van der Waals surface area (Å²) in [6.45, 7) is 1.91. The lowest BCUT2D eigenvalue weighted by Gasteiger charge is -2.08. The molecule has 16 heavy (non-hydrogen) atoms. The van der Waals surface area contributed by atoms with E-state index in [4.69, 9.17) is 0 Å². The molecule has 5 nitrogen and oxygen atoms in total. The highest BCUT2D eigenvalue weighted by Crippen LogP contribution is 2.15. The molecule has 0 fully saturated rings. The molecule has 0 radical (unpaired) electrons. The molecule has 0 aliphatic carbocycles. The Balaban J connectivity index is 2.86. The second kappa shape index (κ2) is 5.51. The standard InChI is InChI=1S/C9H13NO4S2/c1-3-7-15(11)9-6-4-5-8(10-9)14-16(2,12)13/h4-6H,3,7H2,1-2H3. The van der Waals surface area contributed by atoms with Crippen molar-refractivity contribution in [3.63, 3.8) is 0 Å². The van der Waals surface area contributed by atoms with Gasteiger partial charge in [-0.25, -0.2) is 0 Å². The Morgan fingerprint density at radius 1 is 1.50 bits per heavy atom. The number of hydrogen-bond donors (Lipinski definition) is 0. The van der Waals surface area contributed by atoms with E-state index in [0.29, 0.717) is 10.8 Å². The highest BCUT2D eigenvalue weighted by atomic mass is 32.2. The van der Waals surface area contributed by atoms with Crippen LogP contribution in [-0.2, 0) is 21.3 Å². The average molecular weight is 263 g/mol. The molecular weight excluding hydrogens is 250 g/mol. The molecule has 90 valence electrons. The van der Waals surface area contributed by atoms with Crippen LogP contribution < -0.4 is 4.18 Å². The van der Waals surface area contributed by atoms with Crippen LogP contribution in [0, 0.1) is 0 Å². The molecule has 0 saturated carbocycles. The van der Waals surface area contributed by atoms with Crippen molar-refractivity contribution in [3.8, 4) is 5.88 Å². The van der Waals surface area contributed by atoms with Crippen LogP contribution in [0.15, 0.2) is 23.2 Å². The van der Waals surface area contributed by atoms with Gasteiger partial charge in [0.2, 0.25) is 10.9 Å². The fourth-order valence-corrected chi connectivity index (χ4v) is 2.42. The first kappa shape index (κ1) is 13.3. The summed E-state index contributed by atoms with van der Waals surface area (Å²) in [5.41, 5.74) is 0. The molecule has 0 bridgehead atoms. The van der Waals surface area contributed by atoms with Crippen LogP contribution in [0.25, 0.3) is 0 Å². The zero-order chi connectivity index (χ0) is 12.2. The predicted molar refractivity (Wildman–Crippen MR) is 61.3 cm³/mol. The zero-order valence-corrected chi connectivity index (χ0v) is 10.7. The SMILES string of the molecule is CCC[S+]([O-])c1cccc(OS(C)(=O)=O)n1. The summed E-state index contributed by atoms with van der Waals surface area (Å²) < 4.78 is 37.9. The van der Waals surface area contributed by atoms with Gasteiger partial charge in [-0.15, -0.1) is 0 Å². The molecule has 0 N–H and O–H groups in total. The first-order chi connectivity index (χ1) is 7.42. The molecular formula is C9H13NO4S2. The number of hydrogen-bond acceptors (Lipinski definition) is 5. The van der Waals surface area contributed by atoms with Crippen LogP contribution >= 0.6 is 0 Å². The van der Waals surface area contributed by atoms with Gasteiger partial charge in [-0.2, -0.15) is 13.4 Å². The molecule has 1 unspecified atom stereocenters. The van der Waals surface area contributed by atoms with Crippen molar-refractivity contribution in [2.45, 2.75) is 18.4 Å². The third-order valence-electron chi connectivity index (χ3n) is 1.56. The van der Waals surface area contributed by atoms with Crippen molar-refractivity contribution in [1.82, 2.24) is 4.98 Å². The van der Waals surface area contributed by atoms with Gasteiger partial charge in [0.15, 0.2) is 0 Å². The summed E-state index contributed by atoms with van der Waals surface area (Å²) in [4.78, 5) is 3.88. The lowest BCUT2D eigenvalue weighted by Crippen LogP contribution is -2.11. The van der Waals surface area contributed by atoms with Crippen molar-refractivity contribution in [1.29, 1.82) is 0 Å². The number of aromatic nitrogens is 1. The molecule has 1 heterocycles. The Morgan fingerprint density at radius 3 is 2.75 bits per heavy atom. The van der Waals surface area contributed by atoms with Crippen LogP contribution in [0.2, 0.25) is 0 Å². The Morgan fingerprint density at radius 2 is 2.19 bits per heavy atom. The molecule has 1 aromatic heterocycles. The summed E-state index contributed by atoms with van der Waals surface area (Å²) in [5.74, 6) is 0.444. The Kier molecular flexibility index (Phi) is 4.57. The van der Waals surface area contributed by atoms with Crippen molar-refractivity contribution >= 4 is 21.3 Å². The fourth-order valence-electron chi connectivity index (χ4n) is 1.01. The van der Waals surface area contributed by atoms with E-state index in [9.17, 15) is 13.0 Å². The molecule has 0 amide bonds. The number of nitrogens with zero attached hydrogens (tertiary/aromatic N) is 1. The quantitative estimate of drug-likeness (QED) is 0.583. The van der Waals surface area contributed by atoms with Crippen molar-refractivity contribution in [2.75, 3.05) is 12.0 Å². The second-order valence-corrected chi connectivity index (χ2v) is 6.24. The Hall–Kier alpha value is -0.790. The first-order valence-electron chi connectivity index (χ1n) is 4.67. The summed E-state index contributed by atoms with van der Waals surface area (Å²) in [5, 5.41) is 0.336. The third kappa shape index (κ3) is 4.38. The summed E-state index contributed by atoms with van der Waals surface area (Å²) >= 11 is -1.21. The van der Waals surface area contributed by atoms with Gasteiger partial charge in [0.25, 0.3) is 0 Å². The summed E-state index contributed by atoms with van der Waals surface area (Å²) in [7, 11) is -3.59. The lowest BCUT2D eigenvalue weighted by molar-refractivity contribution is 0.479. The predicted octanol–water partition coefficient (Wildman–Crippen LogP) is 0.938. The smallest absolute Gasteiger partial charge is 0.307 e. The van der Waals surface area contributed by atoms with E-state index >= 15 is 0 Å². The zero-order valence-electron chi connectivity index (χ0n) is 9.04. The molecule has 1 atom stereocenters. The third-order valence-corrected chi connectivity index (χ3v) is 3.50. The maximum Gasteiger partial charge on any atom is 0.307 e. The van der Waals surface area contributed by atoms with Crippen LogP contribution in [0.3, 0.4) is 0 Å². The van der Waals surface area contributed by atoms with Gasteiger partial charge >= 0.3 is 10.1 Å². The van der Waals surface area contributed by atoms with E-state index in [1.807, 2.05) is 6.92 Å². The highest BCUT2D eigenvalue weighted by molar-refractivity contribution is 7.91. The van der Waals surface area contributed by atoms with Gasteiger partial charge in [0, 0.05) is 23.3 Å². The first-order valence-corrected chi connectivity index (χ1v) is 7.81. The van der Waals surface area contributed by atoms with E-state index in [-0.39, 0.29) is 5.88 Å². The van der Waals surface area contributed by atoms with Gasteiger partial charge in [-0.1, -0.05) is 13.0 Å². The number of rotatable bonds is 5. The van der Waals surface area contributed by atoms with E-state index in [1.165, 1.54) is 6.07 Å². The van der Waals surface area contributed by atoms with Crippen molar-refractivity contribution < 1.29 is 17.2 Å². The van der Waals surface area contributed by atoms with E-state index < -0.39 is 21.3 Å². The fraction of sp³-hybridized carbons (Fsp3) is 0.444. The highest BCUT2D eigenvalue weighted by Gasteiger charge is 2.14. The maximum atomic E-state index is 11.6. The topological polar surface area (TPSA) is 79.3 Å². The molecule has 1 rings (SSSR count). The summed E-state index contributed by atoms with van der Waals surface area (Å²) in [6, 6.07) is 4.56. The minimum Gasteiger partial charge on any atom is -0.610 e. The monoisotopic (exact) mass is 263 g/mol. The molecule has 0 saturated heterocycles.